The molecule has 1 saturated carbocycles. The highest BCUT2D eigenvalue weighted by Crippen LogP contribution is 2.58. The number of ether oxygens (including phenoxy) is 2. The van der Waals surface area contributed by atoms with Gasteiger partial charge in [-0.05, 0) is 104 Å². The van der Waals surface area contributed by atoms with Crippen LogP contribution in [0.2, 0.25) is 0 Å². The van der Waals surface area contributed by atoms with Crippen LogP contribution in [0, 0.1) is 11.3 Å². The zero-order valence-electron chi connectivity index (χ0n) is 21.2. The van der Waals surface area contributed by atoms with E-state index in [-0.39, 0.29) is 11.4 Å². The normalized spacial score (nSPS) is 25.2. The second-order valence-corrected chi connectivity index (χ2v) is 10.5. The number of anilines is 3. The van der Waals surface area contributed by atoms with Crippen molar-refractivity contribution in [3.8, 4) is 5.75 Å². The predicted octanol–water partition coefficient (Wildman–Crippen LogP) is 7.35. The maximum absolute atomic E-state index is 12.9. The Bertz CT molecular complexity index is 1210. The SMILES string of the molecule is COC(=O)[C@]1(C)CCC[C@]2(C)c3ccc(N(c4ccccc4)c4ccc(OC)cc4)cc3CC[C@@H]12. The molecule has 0 aliphatic heterocycles. The molecular weight excluding hydrogens is 434 g/mol. The molecule has 0 bridgehead atoms. The molecule has 0 unspecified atom stereocenters. The lowest BCUT2D eigenvalue weighted by Crippen LogP contribution is -2.52. The van der Waals surface area contributed by atoms with Crippen molar-refractivity contribution >= 4 is 23.0 Å². The number of aryl methyl sites for hydroxylation is 1. The summed E-state index contributed by atoms with van der Waals surface area (Å²) < 4.78 is 10.7. The van der Waals surface area contributed by atoms with Crippen LogP contribution < -0.4 is 9.64 Å². The fraction of sp³-hybridized carbons (Fsp3) is 0.387. The molecule has 0 spiro atoms. The molecule has 2 aliphatic carbocycles. The predicted molar refractivity (Wildman–Crippen MR) is 141 cm³/mol. The van der Waals surface area contributed by atoms with Gasteiger partial charge in [-0.25, -0.2) is 0 Å². The number of fused-ring (bicyclic) bond motifs is 3. The Balaban J connectivity index is 1.57. The molecule has 0 N–H and O–H groups in total. The summed E-state index contributed by atoms with van der Waals surface area (Å²) in [6.45, 7) is 4.50. The van der Waals surface area contributed by atoms with Gasteiger partial charge in [0.1, 0.15) is 5.75 Å². The summed E-state index contributed by atoms with van der Waals surface area (Å²) in [6.07, 6.45) is 5.04. The summed E-state index contributed by atoms with van der Waals surface area (Å²) >= 11 is 0. The molecule has 0 amide bonds. The minimum atomic E-state index is -0.419. The minimum absolute atomic E-state index is 0.0228. The molecular formula is C31H35NO3. The fourth-order valence-corrected chi connectivity index (χ4v) is 6.85. The van der Waals surface area contributed by atoms with Gasteiger partial charge in [-0.2, -0.15) is 0 Å². The topological polar surface area (TPSA) is 38.8 Å². The highest BCUT2D eigenvalue weighted by Gasteiger charge is 2.55. The fourth-order valence-electron chi connectivity index (χ4n) is 6.85. The molecule has 3 aromatic rings. The van der Waals surface area contributed by atoms with E-state index >= 15 is 0 Å². The van der Waals surface area contributed by atoms with Gasteiger partial charge in [-0.15, -0.1) is 0 Å². The summed E-state index contributed by atoms with van der Waals surface area (Å²) in [4.78, 5) is 15.2. The quantitative estimate of drug-likeness (QED) is 0.366. The van der Waals surface area contributed by atoms with Crippen LogP contribution in [-0.2, 0) is 21.4 Å². The molecule has 4 nitrogen and oxygen atoms in total. The molecule has 0 saturated heterocycles. The number of rotatable bonds is 5. The van der Waals surface area contributed by atoms with E-state index in [4.69, 9.17) is 9.47 Å². The molecule has 1 fully saturated rings. The van der Waals surface area contributed by atoms with Crippen LogP contribution in [-0.4, -0.2) is 20.2 Å². The number of para-hydroxylation sites is 1. The maximum atomic E-state index is 12.9. The standard InChI is InChI=1S/C31H35NO3/c1-30-19-8-20-31(2,29(33)35-4)28(30)18-11-22-21-25(14-17-27(22)30)32(23-9-6-5-7-10-23)24-12-15-26(34-3)16-13-24/h5-7,9-10,12-17,21,28H,8,11,18-20H2,1-4H3/t28-,30-,31-/m1/s1. The average molecular weight is 470 g/mol. The van der Waals surface area contributed by atoms with Gasteiger partial charge in [0, 0.05) is 17.1 Å². The monoisotopic (exact) mass is 469 g/mol. The summed E-state index contributed by atoms with van der Waals surface area (Å²) in [5, 5.41) is 0. The molecule has 182 valence electrons. The summed E-state index contributed by atoms with van der Waals surface area (Å²) in [5.74, 6) is 1.08. The second kappa shape index (κ2) is 9.07. The molecule has 5 rings (SSSR count). The Labute approximate surface area is 208 Å². The van der Waals surface area contributed by atoms with Crippen molar-refractivity contribution < 1.29 is 14.3 Å². The van der Waals surface area contributed by atoms with Crippen LogP contribution in [0.3, 0.4) is 0 Å². The van der Waals surface area contributed by atoms with Crippen LogP contribution >= 0.6 is 0 Å². The molecule has 0 aromatic heterocycles. The zero-order chi connectivity index (χ0) is 24.6. The third-order valence-corrected chi connectivity index (χ3v) is 8.59. The van der Waals surface area contributed by atoms with Gasteiger partial charge in [-0.3, -0.25) is 4.79 Å². The minimum Gasteiger partial charge on any atom is -0.497 e. The molecule has 4 heteroatoms. The smallest absolute Gasteiger partial charge is 0.311 e. The Morgan fingerprint density at radius 2 is 1.57 bits per heavy atom. The first-order valence-corrected chi connectivity index (χ1v) is 12.6. The molecule has 0 radical (unpaired) electrons. The highest BCUT2D eigenvalue weighted by atomic mass is 16.5. The summed E-state index contributed by atoms with van der Waals surface area (Å²) in [7, 11) is 3.22. The van der Waals surface area contributed by atoms with Gasteiger partial charge in [0.05, 0.1) is 19.6 Å². The summed E-state index contributed by atoms with van der Waals surface area (Å²) in [5.41, 5.74) is 5.71. The van der Waals surface area contributed by atoms with Crippen molar-refractivity contribution in [2.24, 2.45) is 11.3 Å². The molecule has 3 atom stereocenters. The summed E-state index contributed by atoms with van der Waals surface area (Å²) in [6, 6.07) is 25.6. The first kappa shape index (κ1) is 23.5. The van der Waals surface area contributed by atoms with Crippen LogP contribution in [0.15, 0.2) is 72.8 Å². The van der Waals surface area contributed by atoms with Gasteiger partial charge in [-0.1, -0.05) is 37.6 Å². The van der Waals surface area contributed by atoms with Crippen LogP contribution in [0.1, 0.15) is 50.7 Å². The Morgan fingerprint density at radius 1 is 0.886 bits per heavy atom. The molecule has 0 heterocycles. The van der Waals surface area contributed by atoms with Crippen molar-refractivity contribution in [1.29, 1.82) is 0 Å². The highest BCUT2D eigenvalue weighted by molar-refractivity contribution is 5.79. The first-order chi connectivity index (χ1) is 16.9. The maximum Gasteiger partial charge on any atom is 0.311 e. The second-order valence-electron chi connectivity index (χ2n) is 10.5. The molecule has 2 aliphatic rings. The third-order valence-electron chi connectivity index (χ3n) is 8.59. The van der Waals surface area contributed by atoms with Gasteiger partial charge < -0.3 is 14.4 Å². The number of carbonyl (C=O) groups excluding carboxylic acids is 1. The van der Waals surface area contributed by atoms with Gasteiger partial charge in [0.15, 0.2) is 0 Å². The number of benzene rings is 3. The van der Waals surface area contributed by atoms with Gasteiger partial charge in [0.2, 0.25) is 0 Å². The van der Waals surface area contributed by atoms with Crippen molar-refractivity contribution in [1.82, 2.24) is 0 Å². The van der Waals surface area contributed by atoms with Crippen molar-refractivity contribution in [2.45, 2.75) is 51.4 Å². The largest absolute Gasteiger partial charge is 0.497 e. The third kappa shape index (κ3) is 3.89. The number of nitrogens with zero attached hydrogens (tertiary/aromatic N) is 1. The Hall–Kier alpha value is -3.27. The number of carbonyl (C=O) groups is 1. The van der Waals surface area contributed by atoms with E-state index in [0.717, 1.165) is 54.9 Å². The number of hydrogen-bond donors (Lipinski definition) is 0. The van der Waals surface area contributed by atoms with Gasteiger partial charge >= 0.3 is 5.97 Å². The van der Waals surface area contributed by atoms with Crippen LogP contribution in [0.5, 0.6) is 5.75 Å². The van der Waals surface area contributed by atoms with Crippen molar-refractivity contribution in [3.63, 3.8) is 0 Å². The van der Waals surface area contributed by atoms with E-state index in [1.807, 2.05) is 18.2 Å². The van der Waals surface area contributed by atoms with Crippen LogP contribution in [0.25, 0.3) is 0 Å². The lowest BCUT2D eigenvalue weighted by Gasteiger charge is -2.54. The van der Waals surface area contributed by atoms with Crippen LogP contribution in [0.4, 0.5) is 17.1 Å². The average Bonchev–Trinajstić information content (AvgIpc) is 2.89. The van der Waals surface area contributed by atoms with E-state index in [1.165, 1.54) is 18.2 Å². The first-order valence-electron chi connectivity index (χ1n) is 12.6. The Morgan fingerprint density at radius 3 is 2.26 bits per heavy atom. The number of hydrogen-bond acceptors (Lipinski definition) is 4. The van der Waals surface area contributed by atoms with Gasteiger partial charge in [0.25, 0.3) is 0 Å². The van der Waals surface area contributed by atoms with E-state index in [1.54, 1.807) is 7.11 Å². The van der Waals surface area contributed by atoms with Crippen molar-refractivity contribution in [2.75, 3.05) is 19.1 Å². The van der Waals surface area contributed by atoms with Crippen molar-refractivity contribution in [3.05, 3.63) is 83.9 Å². The number of methoxy groups -OCH3 is 2. The lowest BCUT2D eigenvalue weighted by molar-refractivity contribution is -0.161. The van der Waals surface area contributed by atoms with E-state index in [0.29, 0.717) is 5.92 Å². The van der Waals surface area contributed by atoms with E-state index < -0.39 is 5.41 Å². The van der Waals surface area contributed by atoms with E-state index in [9.17, 15) is 4.79 Å². The number of esters is 1. The molecule has 35 heavy (non-hydrogen) atoms. The zero-order valence-corrected chi connectivity index (χ0v) is 21.2. The molecule has 3 aromatic carbocycles. The van der Waals surface area contributed by atoms with E-state index in [2.05, 4.69) is 73.3 Å². The lowest BCUT2D eigenvalue weighted by atomic mass is 9.50. The Kier molecular flexibility index (Phi) is 6.08.